The van der Waals surface area contributed by atoms with E-state index in [-0.39, 0.29) is 30.4 Å². The molecule has 0 unspecified atom stereocenters. The molecule has 6 rings (SSSR count). The zero-order valence-electron chi connectivity index (χ0n) is 20.8. The number of nitrogens with zero attached hydrogens (tertiary/aromatic N) is 3. The molecule has 3 heterocycles. The summed E-state index contributed by atoms with van der Waals surface area (Å²) < 4.78 is 34.4. The number of halogens is 2. The molecule has 5 aromatic rings. The molecule has 3 aromatic carbocycles. The maximum absolute atomic E-state index is 13.6. The van der Waals surface area contributed by atoms with E-state index in [4.69, 9.17) is 10.3 Å². The zero-order valence-corrected chi connectivity index (χ0v) is 20.8. The lowest BCUT2D eigenvalue weighted by molar-refractivity contribution is 0.0400. The van der Waals surface area contributed by atoms with Crippen LogP contribution in [0.2, 0.25) is 0 Å². The fraction of sp³-hybridized carbons (Fsp3) is 0.207. The van der Waals surface area contributed by atoms with Gasteiger partial charge in [0.15, 0.2) is 0 Å². The van der Waals surface area contributed by atoms with Gasteiger partial charge in [-0.25, -0.2) is 8.78 Å². The first kappa shape index (κ1) is 23.8. The summed E-state index contributed by atoms with van der Waals surface area (Å²) >= 11 is 0. The van der Waals surface area contributed by atoms with E-state index in [1.165, 1.54) is 17.0 Å². The average molecular weight is 515 g/mol. The van der Waals surface area contributed by atoms with Gasteiger partial charge in [0.25, 0.3) is 5.91 Å². The van der Waals surface area contributed by atoms with Crippen molar-refractivity contribution in [3.8, 4) is 11.1 Å². The number of primary amides is 1. The first-order valence-electron chi connectivity index (χ1n) is 12.2. The quantitative estimate of drug-likeness (QED) is 0.351. The lowest BCUT2D eigenvalue weighted by Gasteiger charge is -2.34. The van der Waals surface area contributed by atoms with E-state index in [0.717, 1.165) is 22.2 Å². The zero-order chi connectivity index (χ0) is 26.7. The summed E-state index contributed by atoms with van der Waals surface area (Å²) in [4.78, 5) is 27.2. The van der Waals surface area contributed by atoms with Gasteiger partial charge in [0.1, 0.15) is 17.7 Å². The highest BCUT2D eigenvalue weighted by atomic mass is 19.1. The van der Waals surface area contributed by atoms with Crippen LogP contribution in [-0.4, -0.2) is 45.7 Å². The molecule has 1 fully saturated rings. The van der Waals surface area contributed by atoms with E-state index in [0.29, 0.717) is 39.9 Å². The van der Waals surface area contributed by atoms with Crippen molar-refractivity contribution in [2.45, 2.75) is 26.6 Å². The van der Waals surface area contributed by atoms with Gasteiger partial charge >= 0.3 is 0 Å². The third-order valence-electron chi connectivity index (χ3n) is 7.18. The second kappa shape index (κ2) is 8.79. The van der Waals surface area contributed by atoms with Crippen molar-refractivity contribution in [3.05, 3.63) is 88.6 Å². The number of hydrogen-bond acceptors (Lipinski definition) is 4. The van der Waals surface area contributed by atoms with Crippen LogP contribution >= 0.6 is 0 Å². The first-order chi connectivity index (χ1) is 18.2. The number of aromatic nitrogens is 2. The normalized spacial score (nSPS) is 13.8. The van der Waals surface area contributed by atoms with Crippen molar-refractivity contribution in [3.63, 3.8) is 0 Å². The smallest absolute Gasteiger partial charge is 0.254 e. The van der Waals surface area contributed by atoms with Crippen LogP contribution in [0.15, 0.2) is 59.1 Å². The molecule has 1 saturated heterocycles. The molecule has 9 heteroatoms. The summed E-state index contributed by atoms with van der Waals surface area (Å²) in [6.07, 6.45) is -1.01. The fourth-order valence-electron chi connectivity index (χ4n) is 5.31. The Labute approximate surface area is 216 Å². The molecule has 38 heavy (non-hydrogen) atoms. The number of benzene rings is 3. The van der Waals surface area contributed by atoms with Gasteiger partial charge in [-0.2, -0.15) is 0 Å². The molecular weight excluding hydrogens is 490 g/mol. The molecule has 2 amide bonds. The molecule has 192 valence electrons. The molecule has 2 aromatic heterocycles. The maximum Gasteiger partial charge on any atom is 0.254 e. The van der Waals surface area contributed by atoms with Gasteiger partial charge in [-0.1, -0.05) is 17.3 Å². The summed E-state index contributed by atoms with van der Waals surface area (Å²) in [6, 6.07) is 15.1. The molecule has 7 nitrogen and oxygen atoms in total. The molecule has 0 radical (unpaired) electrons. The molecule has 0 spiro atoms. The van der Waals surface area contributed by atoms with E-state index in [9.17, 15) is 18.4 Å². The monoisotopic (exact) mass is 514 g/mol. The van der Waals surface area contributed by atoms with Gasteiger partial charge in [-0.3, -0.25) is 9.59 Å². The van der Waals surface area contributed by atoms with Crippen LogP contribution in [0.4, 0.5) is 8.78 Å². The molecular formula is C29H24F2N4O3. The van der Waals surface area contributed by atoms with Crippen LogP contribution in [0.1, 0.15) is 37.7 Å². The number of rotatable bonds is 5. The molecule has 0 aliphatic carbocycles. The van der Waals surface area contributed by atoms with Crippen LogP contribution in [0.5, 0.6) is 0 Å². The van der Waals surface area contributed by atoms with Crippen molar-refractivity contribution in [2.75, 3.05) is 13.1 Å². The summed E-state index contributed by atoms with van der Waals surface area (Å²) in [7, 11) is 0. The number of carbonyl (C=O) groups excluding carboxylic acids is 2. The third kappa shape index (κ3) is 3.82. The Balaban J connectivity index is 1.63. The minimum absolute atomic E-state index is 0.0660. The second-order valence-electron chi connectivity index (χ2n) is 9.73. The van der Waals surface area contributed by atoms with Crippen LogP contribution in [0.25, 0.3) is 32.9 Å². The van der Waals surface area contributed by atoms with Crippen molar-refractivity contribution < 1.29 is 22.9 Å². The van der Waals surface area contributed by atoms with Gasteiger partial charge in [-0.05, 0) is 67.4 Å². The Kier molecular flexibility index (Phi) is 5.52. The summed E-state index contributed by atoms with van der Waals surface area (Å²) in [5, 5.41) is 5.33. The Hall–Kier alpha value is -4.53. The number of aryl methyl sites for hydroxylation is 2. The van der Waals surface area contributed by atoms with Crippen LogP contribution in [-0.2, 0) is 6.54 Å². The molecule has 0 atom stereocenters. The summed E-state index contributed by atoms with van der Waals surface area (Å²) in [6.45, 7) is 4.14. The van der Waals surface area contributed by atoms with E-state index < -0.39 is 12.1 Å². The van der Waals surface area contributed by atoms with Crippen LogP contribution in [0, 0.1) is 19.7 Å². The third-order valence-corrected chi connectivity index (χ3v) is 7.18. The van der Waals surface area contributed by atoms with Crippen molar-refractivity contribution in [1.29, 1.82) is 0 Å². The molecule has 0 saturated carbocycles. The Morgan fingerprint density at radius 1 is 1.05 bits per heavy atom. The minimum atomic E-state index is -1.01. The lowest BCUT2D eigenvalue weighted by Crippen LogP contribution is -2.51. The minimum Gasteiger partial charge on any atom is -0.366 e. The topological polar surface area (TPSA) is 94.4 Å². The number of hydrogen-bond donors (Lipinski definition) is 1. The maximum atomic E-state index is 13.6. The summed E-state index contributed by atoms with van der Waals surface area (Å²) in [5.41, 5.74) is 11.1. The van der Waals surface area contributed by atoms with Gasteiger partial charge in [0.2, 0.25) is 5.91 Å². The highest BCUT2D eigenvalue weighted by Crippen LogP contribution is 2.38. The van der Waals surface area contributed by atoms with Crippen LogP contribution < -0.4 is 5.73 Å². The predicted octanol–water partition coefficient (Wildman–Crippen LogP) is 5.15. The molecule has 0 bridgehead atoms. The largest absolute Gasteiger partial charge is 0.366 e. The van der Waals surface area contributed by atoms with E-state index in [1.807, 2.05) is 23.6 Å². The number of amides is 2. The van der Waals surface area contributed by atoms with Gasteiger partial charge in [0.05, 0.1) is 24.3 Å². The summed E-state index contributed by atoms with van der Waals surface area (Å²) in [5.74, 6) is -0.623. The predicted molar refractivity (Wildman–Crippen MR) is 139 cm³/mol. The van der Waals surface area contributed by atoms with E-state index in [2.05, 4.69) is 5.16 Å². The van der Waals surface area contributed by atoms with Gasteiger partial charge in [0, 0.05) is 39.5 Å². The number of alkyl halides is 1. The SMILES string of the molecule is Cc1noc(C)c1-c1cc(C(N)=O)c2c3cc(C(=O)N4CC(F)C4)ccc3n(Cc3ccc(F)cc3)c2c1. The van der Waals surface area contributed by atoms with Gasteiger partial charge < -0.3 is 19.7 Å². The first-order valence-corrected chi connectivity index (χ1v) is 12.2. The molecule has 1 aliphatic rings. The van der Waals surface area contributed by atoms with Crippen molar-refractivity contribution in [2.24, 2.45) is 5.73 Å². The number of likely N-dealkylation sites (tertiary alicyclic amines) is 1. The Morgan fingerprint density at radius 2 is 1.79 bits per heavy atom. The Bertz CT molecular complexity index is 1730. The molecule has 2 N–H and O–H groups in total. The average Bonchev–Trinajstić information content (AvgIpc) is 3.38. The molecule has 1 aliphatic heterocycles. The number of carbonyl (C=O) groups is 2. The van der Waals surface area contributed by atoms with Crippen molar-refractivity contribution in [1.82, 2.24) is 14.6 Å². The van der Waals surface area contributed by atoms with E-state index >= 15 is 0 Å². The van der Waals surface area contributed by atoms with Gasteiger partial charge in [-0.15, -0.1) is 0 Å². The second-order valence-corrected chi connectivity index (χ2v) is 9.73. The highest BCUT2D eigenvalue weighted by Gasteiger charge is 2.31. The highest BCUT2D eigenvalue weighted by molar-refractivity contribution is 6.20. The van der Waals surface area contributed by atoms with Crippen molar-refractivity contribution >= 4 is 33.6 Å². The number of nitrogens with two attached hydrogens (primary N) is 1. The number of fused-ring (bicyclic) bond motifs is 3. The fourth-order valence-corrected chi connectivity index (χ4v) is 5.31. The van der Waals surface area contributed by atoms with Crippen LogP contribution in [0.3, 0.4) is 0 Å². The standard InChI is InChI=1S/C29H24F2N4O3/c1-15-26(16(2)38-33-15)19-10-23(28(32)36)27-22-9-18(29(37)34-13-21(31)14-34)5-8-24(22)35(25(27)11-19)12-17-3-6-20(30)7-4-17/h3-11,21H,12-14H2,1-2H3,(H2,32,36). The van der Waals surface area contributed by atoms with E-state index in [1.54, 1.807) is 37.3 Å². The Morgan fingerprint density at radius 3 is 2.42 bits per heavy atom. The lowest BCUT2D eigenvalue weighted by atomic mass is 9.97.